The highest BCUT2D eigenvalue weighted by molar-refractivity contribution is 6.44. The lowest BCUT2D eigenvalue weighted by molar-refractivity contribution is -0.120. The van der Waals surface area contributed by atoms with Crippen molar-refractivity contribution >= 4 is 58.5 Å². The van der Waals surface area contributed by atoms with E-state index in [0.29, 0.717) is 37.2 Å². The van der Waals surface area contributed by atoms with E-state index in [1.54, 1.807) is 48.5 Å². The Hall–Kier alpha value is -1.98. The number of carbonyl (C=O) groups excluding carboxylic acids is 1. The van der Waals surface area contributed by atoms with Crippen LogP contribution in [0.4, 0.5) is 0 Å². The lowest BCUT2D eigenvalue weighted by Gasteiger charge is -2.03. The lowest BCUT2D eigenvalue weighted by atomic mass is 10.1. The summed E-state index contributed by atoms with van der Waals surface area (Å²) in [5.74, 6) is 0.694. The van der Waals surface area contributed by atoms with E-state index < -0.39 is 0 Å². The van der Waals surface area contributed by atoms with Gasteiger partial charge in [0, 0.05) is 10.6 Å². The summed E-state index contributed by atoms with van der Waals surface area (Å²) in [7, 11) is 0. The van der Waals surface area contributed by atoms with Gasteiger partial charge in [0.15, 0.2) is 0 Å². The molecule has 1 amide bonds. The Morgan fingerprint density at radius 3 is 2.41 bits per heavy atom. The van der Waals surface area contributed by atoms with Crippen LogP contribution in [0.25, 0.3) is 11.3 Å². The Kier molecular flexibility index (Phi) is 6.45. The van der Waals surface area contributed by atoms with Crippen molar-refractivity contribution in [2.75, 3.05) is 0 Å². The third-order valence-corrected chi connectivity index (χ3v) is 4.85. The van der Waals surface area contributed by atoms with E-state index in [9.17, 15) is 4.79 Å². The number of nitrogens with zero attached hydrogens (tertiary/aromatic N) is 1. The maximum atomic E-state index is 11.9. The molecule has 1 heterocycles. The molecule has 0 unspecified atom stereocenters. The Morgan fingerprint density at radius 2 is 1.67 bits per heavy atom. The fourth-order valence-corrected chi connectivity index (χ4v) is 3.04. The number of hydrogen-bond donors (Lipinski definition) is 1. The summed E-state index contributed by atoms with van der Waals surface area (Å²) in [6.45, 7) is 0. The van der Waals surface area contributed by atoms with Gasteiger partial charge in [0.1, 0.15) is 11.5 Å². The molecule has 8 heteroatoms. The smallest absolute Gasteiger partial charge is 0.244 e. The molecule has 138 valence electrons. The zero-order valence-corrected chi connectivity index (χ0v) is 16.7. The Balaban J connectivity index is 1.63. The molecule has 0 aliphatic carbocycles. The van der Waals surface area contributed by atoms with Gasteiger partial charge in [-0.1, -0.05) is 58.5 Å². The monoisotopic (exact) mass is 440 g/mol. The summed E-state index contributed by atoms with van der Waals surface area (Å²) >= 11 is 23.9. The standard InChI is InChI=1S/C19H12Cl4N2O2/c20-12-3-1-11(2-4-12)7-19(26)25-24-10-13-5-6-18(27-13)14-8-16(22)17(23)9-15(14)21/h1-6,8-10H,7H2,(H,25,26). The van der Waals surface area contributed by atoms with Crippen LogP contribution in [0.1, 0.15) is 11.3 Å². The highest BCUT2D eigenvalue weighted by atomic mass is 35.5. The van der Waals surface area contributed by atoms with E-state index in [1.165, 1.54) is 6.21 Å². The van der Waals surface area contributed by atoms with Gasteiger partial charge in [-0.3, -0.25) is 4.79 Å². The molecule has 0 saturated carbocycles. The number of amides is 1. The highest BCUT2D eigenvalue weighted by Crippen LogP contribution is 2.35. The van der Waals surface area contributed by atoms with Gasteiger partial charge in [0.2, 0.25) is 5.91 Å². The molecule has 0 fully saturated rings. The van der Waals surface area contributed by atoms with Crippen molar-refractivity contribution in [2.45, 2.75) is 6.42 Å². The summed E-state index contributed by atoms with van der Waals surface area (Å²) < 4.78 is 5.66. The molecule has 3 aromatic rings. The van der Waals surface area contributed by atoms with E-state index in [4.69, 9.17) is 50.8 Å². The molecule has 1 N–H and O–H groups in total. The first-order valence-electron chi connectivity index (χ1n) is 7.73. The summed E-state index contributed by atoms with van der Waals surface area (Å²) in [6, 6.07) is 13.6. The van der Waals surface area contributed by atoms with Crippen LogP contribution in [0.3, 0.4) is 0 Å². The number of rotatable bonds is 5. The first kappa shape index (κ1) is 19.8. The Morgan fingerprint density at radius 1 is 0.963 bits per heavy atom. The molecule has 0 saturated heterocycles. The zero-order chi connectivity index (χ0) is 19.4. The molecule has 2 aromatic carbocycles. The second-order valence-corrected chi connectivity index (χ2v) is 7.20. The third kappa shape index (κ3) is 5.27. The van der Waals surface area contributed by atoms with Crippen molar-refractivity contribution < 1.29 is 9.21 Å². The van der Waals surface area contributed by atoms with Gasteiger partial charge in [-0.05, 0) is 42.0 Å². The number of nitrogens with one attached hydrogen (secondary N) is 1. The number of halogens is 4. The van der Waals surface area contributed by atoms with E-state index in [0.717, 1.165) is 5.56 Å². The second-order valence-electron chi connectivity index (χ2n) is 5.54. The average Bonchev–Trinajstić information content (AvgIpc) is 3.09. The molecule has 0 aliphatic rings. The van der Waals surface area contributed by atoms with Gasteiger partial charge in [0.05, 0.1) is 27.7 Å². The van der Waals surface area contributed by atoms with Crippen LogP contribution >= 0.6 is 46.4 Å². The van der Waals surface area contributed by atoms with Gasteiger partial charge >= 0.3 is 0 Å². The largest absolute Gasteiger partial charge is 0.455 e. The van der Waals surface area contributed by atoms with Crippen molar-refractivity contribution in [3.8, 4) is 11.3 Å². The summed E-state index contributed by atoms with van der Waals surface area (Å²) in [5, 5.41) is 5.66. The molecule has 0 atom stereocenters. The fourth-order valence-electron chi connectivity index (χ4n) is 2.27. The molecule has 1 aromatic heterocycles. The van der Waals surface area contributed by atoms with Crippen molar-refractivity contribution in [3.05, 3.63) is 79.9 Å². The summed E-state index contributed by atoms with van der Waals surface area (Å²) in [6.07, 6.45) is 1.59. The van der Waals surface area contributed by atoms with Gasteiger partial charge in [-0.25, -0.2) is 5.43 Å². The SMILES string of the molecule is O=C(Cc1ccc(Cl)cc1)NN=Cc1ccc(-c2cc(Cl)c(Cl)cc2Cl)o1. The number of furan rings is 1. The Labute approximate surface area is 175 Å². The quantitative estimate of drug-likeness (QED) is 0.289. The first-order valence-corrected chi connectivity index (χ1v) is 9.24. The van der Waals surface area contributed by atoms with Crippen molar-refractivity contribution in [1.29, 1.82) is 0 Å². The van der Waals surface area contributed by atoms with Gasteiger partial charge in [-0.2, -0.15) is 5.10 Å². The highest BCUT2D eigenvalue weighted by Gasteiger charge is 2.11. The average molecular weight is 442 g/mol. The minimum atomic E-state index is -0.257. The molecule has 27 heavy (non-hydrogen) atoms. The third-order valence-electron chi connectivity index (χ3n) is 3.56. The summed E-state index contributed by atoms with van der Waals surface area (Å²) in [5.41, 5.74) is 3.89. The van der Waals surface area contributed by atoms with Crippen LogP contribution in [0, 0.1) is 0 Å². The zero-order valence-electron chi connectivity index (χ0n) is 13.7. The number of benzene rings is 2. The number of hydrogen-bond acceptors (Lipinski definition) is 3. The number of hydrazone groups is 1. The molecular weight excluding hydrogens is 430 g/mol. The maximum Gasteiger partial charge on any atom is 0.244 e. The van der Waals surface area contributed by atoms with Crippen molar-refractivity contribution in [2.24, 2.45) is 5.10 Å². The minimum Gasteiger partial charge on any atom is -0.455 e. The predicted octanol–water partition coefficient (Wildman–Crippen LogP) is 6.25. The van der Waals surface area contributed by atoms with Gasteiger partial charge in [-0.15, -0.1) is 0 Å². The van der Waals surface area contributed by atoms with Crippen molar-refractivity contribution in [1.82, 2.24) is 5.43 Å². The molecule has 0 spiro atoms. The van der Waals surface area contributed by atoms with Crippen LogP contribution in [0.5, 0.6) is 0 Å². The summed E-state index contributed by atoms with van der Waals surface area (Å²) in [4.78, 5) is 11.9. The number of carbonyl (C=O) groups is 1. The van der Waals surface area contributed by atoms with Crippen LogP contribution < -0.4 is 5.43 Å². The maximum absolute atomic E-state index is 11.9. The first-order chi connectivity index (χ1) is 12.9. The molecule has 0 aliphatic heterocycles. The van der Waals surface area contributed by atoms with Gasteiger partial charge in [0.25, 0.3) is 0 Å². The van der Waals surface area contributed by atoms with E-state index in [2.05, 4.69) is 10.5 Å². The topological polar surface area (TPSA) is 54.6 Å². The van der Waals surface area contributed by atoms with Crippen LogP contribution in [-0.4, -0.2) is 12.1 Å². The van der Waals surface area contributed by atoms with E-state index >= 15 is 0 Å². The van der Waals surface area contributed by atoms with Crippen LogP contribution in [-0.2, 0) is 11.2 Å². The Bertz CT molecular complexity index is 997. The normalized spacial score (nSPS) is 11.1. The lowest BCUT2D eigenvalue weighted by Crippen LogP contribution is -2.19. The molecule has 4 nitrogen and oxygen atoms in total. The molecule has 3 rings (SSSR count). The molecule has 0 radical (unpaired) electrons. The predicted molar refractivity (Wildman–Crippen MR) is 110 cm³/mol. The van der Waals surface area contributed by atoms with E-state index in [-0.39, 0.29) is 12.3 Å². The van der Waals surface area contributed by atoms with E-state index in [1.807, 2.05) is 0 Å². The van der Waals surface area contributed by atoms with Crippen LogP contribution in [0.2, 0.25) is 20.1 Å². The van der Waals surface area contributed by atoms with Gasteiger partial charge < -0.3 is 4.42 Å². The van der Waals surface area contributed by atoms with Crippen LogP contribution in [0.15, 0.2) is 58.0 Å². The molecular formula is C19H12Cl4N2O2. The second kappa shape index (κ2) is 8.81. The fraction of sp³-hybridized carbons (Fsp3) is 0.0526. The molecule has 0 bridgehead atoms. The minimum absolute atomic E-state index is 0.191. The van der Waals surface area contributed by atoms with Crippen molar-refractivity contribution in [3.63, 3.8) is 0 Å².